The van der Waals surface area contributed by atoms with Crippen molar-refractivity contribution in [2.45, 2.75) is 0 Å². The molecule has 1 aromatic carbocycles. The molecule has 1 aromatic rings. The number of benzene rings is 1. The van der Waals surface area contributed by atoms with E-state index in [-0.39, 0.29) is 16.5 Å². The van der Waals surface area contributed by atoms with Gasteiger partial charge in [0.25, 0.3) is 0 Å². The summed E-state index contributed by atoms with van der Waals surface area (Å²) in [6, 6.07) is 9.04. The normalized spacial score (nSPS) is 5.93. The molecule has 0 aliphatic rings. The molecule has 0 aliphatic heterocycles. The Morgan fingerprint density at radius 2 is 1.67 bits per heavy atom. The molecule has 0 heterocycles. The molecule has 8 heteroatoms. The number of carbonyl (C=O) groups is 1. The molecular formula is C7H11O7V-. The van der Waals surface area contributed by atoms with E-state index in [1.54, 1.807) is 18.2 Å². The monoisotopic (exact) mass is 258 g/mol. The van der Waals surface area contributed by atoms with Gasteiger partial charge in [0.1, 0.15) is 0 Å². The van der Waals surface area contributed by atoms with Crippen molar-refractivity contribution in [3.05, 3.63) is 35.9 Å². The molecule has 0 aliphatic carbocycles. The van der Waals surface area contributed by atoms with Gasteiger partial charge >= 0.3 is 21.0 Å². The van der Waals surface area contributed by atoms with Gasteiger partial charge in [0.15, 0.2) is 0 Å². The van der Waals surface area contributed by atoms with Gasteiger partial charge in [0.2, 0.25) is 5.97 Å². The molecule has 0 fully saturated rings. The average Bonchev–Trinajstić information content (AvgIpc) is 2.25. The van der Waals surface area contributed by atoms with Crippen LogP contribution in [0, 0.1) is 6.07 Å². The average molecular weight is 258 g/mol. The van der Waals surface area contributed by atoms with Crippen LogP contribution in [0.15, 0.2) is 24.3 Å². The first kappa shape index (κ1) is 23.6. The predicted molar refractivity (Wildman–Crippen MR) is 45.4 cm³/mol. The third-order valence-electron chi connectivity index (χ3n) is 0.939. The molecule has 87 valence electrons. The molecule has 7 nitrogen and oxygen atoms in total. The number of carboxylic acid groups (broad SMARTS) is 1. The topological polar surface area (TPSA) is 158 Å². The Morgan fingerprint density at radius 1 is 1.20 bits per heavy atom. The maximum atomic E-state index is 10.2. The minimum absolute atomic E-state index is 0. The number of aromatic carboxylic acids is 1. The summed E-state index contributed by atoms with van der Waals surface area (Å²) >= 11 is 1.06. The second-order valence-corrected chi connectivity index (χ2v) is 1.58. The van der Waals surface area contributed by atoms with Crippen LogP contribution in [0.4, 0.5) is 0 Å². The molecule has 7 N–H and O–H groups in total. The van der Waals surface area contributed by atoms with Crippen molar-refractivity contribution in [1.82, 2.24) is 0 Å². The van der Waals surface area contributed by atoms with Gasteiger partial charge in [-0.1, -0.05) is 5.56 Å². The molecule has 0 spiro atoms. The van der Waals surface area contributed by atoms with Crippen molar-refractivity contribution >= 4 is 5.97 Å². The fourth-order valence-corrected chi connectivity index (χ4v) is 0.526. The Kier molecular flexibility index (Phi) is 29.4. The summed E-state index contributed by atoms with van der Waals surface area (Å²) in [5.74, 6) is -0.935. The Labute approximate surface area is 94.7 Å². The van der Waals surface area contributed by atoms with E-state index in [1.807, 2.05) is 0 Å². The van der Waals surface area contributed by atoms with E-state index in [1.165, 1.54) is 6.07 Å². The molecule has 0 radical (unpaired) electrons. The zero-order valence-corrected chi connectivity index (χ0v) is 8.81. The first-order valence-corrected chi connectivity index (χ1v) is 3.46. The summed E-state index contributed by atoms with van der Waals surface area (Å²) in [5.41, 5.74) is 0.206. The summed E-state index contributed by atoms with van der Waals surface area (Å²) in [5, 5.41) is 20.4. The Balaban J connectivity index is -0.0000000910. The van der Waals surface area contributed by atoms with E-state index < -0.39 is 5.97 Å². The van der Waals surface area contributed by atoms with Crippen molar-refractivity contribution in [2.75, 3.05) is 0 Å². The molecule has 0 aromatic heterocycles. The summed E-state index contributed by atoms with van der Waals surface area (Å²) in [4.78, 5) is 10.2. The summed E-state index contributed by atoms with van der Waals surface area (Å²) in [6.07, 6.45) is 0. The number of rotatable bonds is 1. The molecule has 0 amide bonds. The molecule has 0 atom stereocenters. The fourth-order valence-electron chi connectivity index (χ4n) is 0.526. The molecular weight excluding hydrogens is 247 g/mol. The SMILES string of the molecule is O.O.O=C(O)c1[c-]cccc1.OO.[O]=[V]. The number of hydrogen-bond acceptors (Lipinski definition) is 4. The van der Waals surface area contributed by atoms with Crippen molar-refractivity contribution in [3.63, 3.8) is 0 Å². The second kappa shape index (κ2) is 18.7. The van der Waals surface area contributed by atoms with Gasteiger partial charge in [0, 0.05) is 0 Å². The maximum absolute atomic E-state index is 10.2. The van der Waals surface area contributed by atoms with Crippen molar-refractivity contribution in [2.24, 2.45) is 0 Å². The van der Waals surface area contributed by atoms with Gasteiger partial charge in [-0.25, -0.2) is 0 Å². The third-order valence-corrected chi connectivity index (χ3v) is 0.939. The molecule has 0 saturated heterocycles. The molecule has 0 saturated carbocycles. The first-order valence-electron chi connectivity index (χ1n) is 2.89. The Morgan fingerprint density at radius 3 is 1.87 bits per heavy atom. The summed E-state index contributed by atoms with van der Waals surface area (Å²) in [7, 11) is 0. The number of hydrogen-bond donors (Lipinski definition) is 3. The van der Waals surface area contributed by atoms with E-state index >= 15 is 0 Å². The van der Waals surface area contributed by atoms with Crippen molar-refractivity contribution in [1.29, 1.82) is 0 Å². The van der Waals surface area contributed by atoms with E-state index in [9.17, 15) is 4.79 Å². The van der Waals surface area contributed by atoms with E-state index in [2.05, 4.69) is 6.07 Å². The zero-order chi connectivity index (χ0) is 10.7. The van der Waals surface area contributed by atoms with E-state index in [0.717, 1.165) is 17.4 Å². The van der Waals surface area contributed by atoms with Gasteiger partial charge in [0.05, 0.1) is 0 Å². The van der Waals surface area contributed by atoms with Crippen LogP contribution in [0.3, 0.4) is 0 Å². The zero-order valence-electron chi connectivity index (χ0n) is 7.41. The van der Waals surface area contributed by atoms with Crippen LogP contribution >= 0.6 is 0 Å². The van der Waals surface area contributed by atoms with Gasteiger partial charge in [-0.3, -0.25) is 10.5 Å². The quantitative estimate of drug-likeness (QED) is 0.349. The van der Waals surface area contributed by atoms with E-state index in [0.29, 0.717) is 0 Å². The van der Waals surface area contributed by atoms with Crippen LogP contribution in [0.25, 0.3) is 0 Å². The van der Waals surface area contributed by atoms with Gasteiger partial charge in [-0.05, 0) is 0 Å². The van der Waals surface area contributed by atoms with Crippen molar-refractivity contribution < 1.29 is 52.4 Å². The van der Waals surface area contributed by atoms with Crippen molar-refractivity contribution in [3.8, 4) is 0 Å². The van der Waals surface area contributed by atoms with E-state index in [4.69, 9.17) is 19.3 Å². The van der Waals surface area contributed by atoms with Crippen LogP contribution in [0.1, 0.15) is 10.4 Å². The number of carboxylic acids is 1. The van der Waals surface area contributed by atoms with Gasteiger partial charge < -0.3 is 20.9 Å². The molecule has 0 bridgehead atoms. The molecule has 0 unspecified atom stereocenters. The summed E-state index contributed by atoms with van der Waals surface area (Å²) in [6.45, 7) is 0. The van der Waals surface area contributed by atoms with Gasteiger partial charge in [-0.15, -0.1) is 30.3 Å². The Hall–Kier alpha value is -1.09. The van der Waals surface area contributed by atoms with Crippen LogP contribution in [-0.2, 0) is 21.0 Å². The van der Waals surface area contributed by atoms with Crippen LogP contribution < -0.4 is 0 Å². The third kappa shape index (κ3) is 12.9. The fraction of sp³-hybridized carbons (Fsp3) is 0. The second-order valence-electron chi connectivity index (χ2n) is 1.58. The van der Waals surface area contributed by atoms with Crippen LogP contribution in [0.5, 0.6) is 0 Å². The van der Waals surface area contributed by atoms with Crippen LogP contribution in [-0.4, -0.2) is 32.5 Å². The first-order chi connectivity index (χ1) is 6.30. The summed E-state index contributed by atoms with van der Waals surface area (Å²) < 4.78 is 8.19. The standard InChI is InChI=1S/C7H5O2.H2O2.2H2O.O.V/c8-7(9)6-4-2-1-3-5-6;1-2;;;;/h1-4H,(H,8,9);1-2H;2*1H2;;/q-1;;;;;. The minimum atomic E-state index is -0.935. The van der Waals surface area contributed by atoms with Gasteiger partial charge in [-0.2, -0.15) is 0 Å². The molecule has 15 heavy (non-hydrogen) atoms. The predicted octanol–water partition coefficient (Wildman–Crippen LogP) is -0.568. The Bertz CT molecular complexity index is 228. The van der Waals surface area contributed by atoms with Crippen LogP contribution in [0.2, 0.25) is 0 Å². The molecule has 1 rings (SSSR count).